The molecule has 1 aromatic carbocycles. The molecule has 1 aromatic rings. The lowest BCUT2D eigenvalue weighted by molar-refractivity contribution is 0.320. The van der Waals surface area contributed by atoms with Gasteiger partial charge in [-0.3, -0.25) is 0 Å². The molecule has 0 spiro atoms. The number of ether oxygens (including phenoxy) is 1. The summed E-state index contributed by atoms with van der Waals surface area (Å²) in [5.74, 6) is 0.830. The lowest BCUT2D eigenvalue weighted by Gasteiger charge is -2.29. The molecule has 0 saturated heterocycles. The number of aryl methyl sites for hydroxylation is 1. The fourth-order valence-electron chi connectivity index (χ4n) is 2.06. The maximum Gasteiger partial charge on any atom is 0.128 e. The highest BCUT2D eigenvalue weighted by Crippen LogP contribution is 2.23. The fraction of sp³-hybridized carbons (Fsp3) is 0.571. The summed E-state index contributed by atoms with van der Waals surface area (Å²) >= 11 is 0. The number of nitrogens with zero attached hydrogens (tertiary/aromatic N) is 1. The van der Waals surface area contributed by atoms with Gasteiger partial charge in [-0.1, -0.05) is 0 Å². The van der Waals surface area contributed by atoms with Crippen LogP contribution >= 0.6 is 0 Å². The molecule has 0 aliphatic rings. The number of hydrogen-bond acceptors (Lipinski definition) is 2. The van der Waals surface area contributed by atoms with Crippen molar-refractivity contribution in [3.63, 3.8) is 0 Å². The van der Waals surface area contributed by atoms with Crippen molar-refractivity contribution < 1.29 is 8.95 Å². The van der Waals surface area contributed by atoms with Gasteiger partial charge in [-0.25, -0.2) is 8.51 Å². The van der Waals surface area contributed by atoms with Crippen LogP contribution in [0.3, 0.4) is 0 Å². The highest BCUT2D eigenvalue weighted by Gasteiger charge is 2.21. The third-order valence-corrected chi connectivity index (χ3v) is 4.66. The number of rotatable bonds is 5. The molecule has 0 saturated carbocycles. The third-order valence-electron chi connectivity index (χ3n) is 2.78. The maximum absolute atomic E-state index is 12.6. The largest absolute Gasteiger partial charge is 0.496 e. The van der Waals surface area contributed by atoms with E-state index < -0.39 is 11.0 Å². The molecule has 18 heavy (non-hydrogen) atoms. The molecule has 0 radical (unpaired) electrons. The molecule has 1 rings (SSSR count). The number of methoxy groups -OCH3 is 1. The van der Waals surface area contributed by atoms with E-state index in [1.54, 1.807) is 7.11 Å². The Morgan fingerprint density at radius 2 is 1.72 bits per heavy atom. The minimum Gasteiger partial charge on any atom is -0.496 e. The Labute approximate surface area is 113 Å². The van der Waals surface area contributed by atoms with Crippen molar-refractivity contribution in [1.29, 1.82) is 0 Å². The van der Waals surface area contributed by atoms with E-state index in [1.165, 1.54) is 0 Å². The van der Waals surface area contributed by atoms with Crippen LogP contribution in [0.15, 0.2) is 23.1 Å². The van der Waals surface area contributed by atoms with E-state index in [-0.39, 0.29) is 12.1 Å². The van der Waals surface area contributed by atoms with Gasteiger partial charge in [0.2, 0.25) is 0 Å². The van der Waals surface area contributed by atoms with Crippen LogP contribution in [0.25, 0.3) is 0 Å². The summed E-state index contributed by atoms with van der Waals surface area (Å²) in [6.07, 6.45) is 0. The van der Waals surface area contributed by atoms with Gasteiger partial charge in [-0.15, -0.1) is 0 Å². The standard InChI is InChI=1S/C14H23NO2S/c1-10(2)15(11(3)4)18(16)13-7-8-14(17-6)12(5)9-13/h7-11H,1-6H3. The van der Waals surface area contributed by atoms with E-state index in [0.717, 1.165) is 16.2 Å². The first-order valence-corrected chi connectivity index (χ1v) is 7.34. The third kappa shape index (κ3) is 3.33. The Morgan fingerprint density at radius 3 is 2.11 bits per heavy atom. The molecule has 0 aromatic heterocycles. The number of benzene rings is 1. The second-order valence-electron chi connectivity index (χ2n) is 4.93. The van der Waals surface area contributed by atoms with Crippen LogP contribution in [-0.2, 0) is 11.0 Å². The lowest BCUT2D eigenvalue weighted by atomic mass is 10.2. The highest BCUT2D eigenvalue weighted by molar-refractivity contribution is 7.82. The molecule has 0 bridgehead atoms. The average molecular weight is 269 g/mol. The van der Waals surface area contributed by atoms with Gasteiger partial charge in [0.05, 0.1) is 12.0 Å². The van der Waals surface area contributed by atoms with Crippen molar-refractivity contribution in [3.8, 4) is 5.75 Å². The van der Waals surface area contributed by atoms with Crippen LogP contribution in [0.5, 0.6) is 5.75 Å². The van der Waals surface area contributed by atoms with Gasteiger partial charge in [0.25, 0.3) is 0 Å². The van der Waals surface area contributed by atoms with Crippen LogP contribution in [-0.4, -0.2) is 27.7 Å². The van der Waals surface area contributed by atoms with Gasteiger partial charge >= 0.3 is 0 Å². The first-order chi connectivity index (χ1) is 8.38. The van der Waals surface area contributed by atoms with E-state index in [9.17, 15) is 4.21 Å². The quantitative estimate of drug-likeness (QED) is 0.822. The summed E-state index contributed by atoms with van der Waals surface area (Å²) in [7, 11) is 0.522. The Hall–Kier alpha value is -0.870. The molecule has 0 amide bonds. The smallest absolute Gasteiger partial charge is 0.128 e. The fourth-order valence-corrected chi connectivity index (χ4v) is 3.53. The van der Waals surface area contributed by atoms with E-state index in [0.29, 0.717) is 0 Å². The number of hydrogen-bond donors (Lipinski definition) is 0. The zero-order valence-electron chi connectivity index (χ0n) is 12.1. The highest BCUT2D eigenvalue weighted by atomic mass is 32.2. The lowest BCUT2D eigenvalue weighted by Crippen LogP contribution is -2.38. The Bertz CT molecular complexity index is 422. The van der Waals surface area contributed by atoms with E-state index >= 15 is 0 Å². The Morgan fingerprint density at radius 1 is 1.17 bits per heavy atom. The van der Waals surface area contributed by atoms with Crippen LogP contribution in [0, 0.1) is 6.92 Å². The maximum atomic E-state index is 12.6. The van der Waals surface area contributed by atoms with Gasteiger partial charge in [-0.05, 0) is 58.4 Å². The van der Waals surface area contributed by atoms with Gasteiger partial charge in [0.15, 0.2) is 0 Å². The normalized spacial score (nSPS) is 13.4. The molecule has 0 aliphatic carbocycles. The van der Waals surface area contributed by atoms with Crippen LogP contribution in [0.4, 0.5) is 0 Å². The Kier molecular flexibility index (Phi) is 5.35. The zero-order valence-corrected chi connectivity index (χ0v) is 12.9. The molecule has 102 valence electrons. The monoisotopic (exact) mass is 269 g/mol. The first-order valence-electron chi connectivity index (χ1n) is 6.23. The average Bonchev–Trinajstić information content (AvgIpc) is 2.27. The molecule has 0 N–H and O–H groups in total. The minimum absolute atomic E-state index is 0.244. The van der Waals surface area contributed by atoms with E-state index in [1.807, 2.05) is 29.4 Å². The summed E-state index contributed by atoms with van der Waals surface area (Å²) in [6, 6.07) is 6.18. The Balaban J connectivity index is 3.06. The predicted molar refractivity (Wildman–Crippen MR) is 76.3 cm³/mol. The van der Waals surface area contributed by atoms with Crippen molar-refractivity contribution in [2.75, 3.05) is 7.11 Å². The second-order valence-corrected chi connectivity index (χ2v) is 6.32. The summed E-state index contributed by atoms with van der Waals surface area (Å²) < 4.78 is 19.8. The van der Waals surface area contributed by atoms with E-state index in [4.69, 9.17) is 4.74 Å². The van der Waals surface area contributed by atoms with E-state index in [2.05, 4.69) is 27.7 Å². The second kappa shape index (κ2) is 6.34. The first kappa shape index (κ1) is 15.2. The molecule has 0 heterocycles. The summed E-state index contributed by atoms with van der Waals surface area (Å²) in [6.45, 7) is 10.2. The van der Waals surface area contributed by atoms with Crippen LogP contribution < -0.4 is 4.74 Å². The van der Waals surface area contributed by atoms with Crippen molar-refractivity contribution in [2.45, 2.75) is 51.6 Å². The summed E-state index contributed by atoms with van der Waals surface area (Å²) in [4.78, 5) is 0.829. The molecule has 0 fully saturated rings. The molecule has 3 nitrogen and oxygen atoms in total. The summed E-state index contributed by atoms with van der Waals surface area (Å²) in [5.41, 5.74) is 1.01. The molecule has 1 unspecified atom stereocenters. The van der Waals surface area contributed by atoms with Crippen LogP contribution in [0.2, 0.25) is 0 Å². The van der Waals surface area contributed by atoms with Gasteiger partial charge < -0.3 is 4.74 Å². The predicted octanol–water partition coefficient (Wildman–Crippen LogP) is 3.15. The van der Waals surface area contributed by atoms with Crippen molar-refractivity contribution in [3.05, 3.63) is 23.8 Å². The summed E-state index contributed by atoms with van der Waals surface area (Å²) in [5, 5.41) is 0. The SMILES string of the molecule is COc1ccc(S(=O)N(C(C)C)C(C)C)cc1C. The van der Waals surface area contributed by atoms with Gasteiger partial charge in [-0.2, -0.15) is 0 Å². The van der Waals surface area contributed by atoms with Gasteiger partial charge in [0.1, 0.15) is 16.7 Å². The van der Waals surface area contributed by atoms with Crippen molar-refractivity contribution in [1.82, 2.24) is 4.31 Å². The minimum atomic E-state index is -1.12. The van der Waals surface area contributed by atoms with Gasteiger partial charge in [0, 0.05) is 12.1 Å². The van der Waals surface area contributed by atoms with Crippen LogP contribution in [0.1, 0.15) is 33.3 Å². The molecule has 1 atom stereocenters. The molecule has 4 heteroatoms. The molecular weight excluding hydrogens is 246 g/mol. The molecular formula is C14H23NO2S. The zero-order chi connectivity index (χ0) is 13.9. The molecule has 0 aliphatic heterocycles. The topological polar surface area (TPSA) is 29.5 Å². The van der Waals surface area contributed by atoms with Crippen molar-refractivity contribution in [2.24, 2.45) is 0 Å². The van der Waals surface area contributed by atoms with Crippen molar-refractivity contribution >= 4 is 11.0 Å².